The fourth-order valence-corrected chi connectivity index (χ4v) is 4.25. The predicted octanol–water partition coefficient (Wildman–Crippen LogP) is 6.38. The Morgan fingerprint density at radius 1 is 1.00 bits per heavy atom. The van der Waals surface area contributed by atoms with Gasteiger partial charge in [-0.15, -0.1) is 0 Å². The fraction of sp³-hybridized carbons (Fsp3) is 0.370. The highest BCUT2D eigenvalue weighted by Crippen LogP contribution is 2.26. The summed E-state index contributed by atoms with van der Waals surface area (Å²) in [6.07, 6.45) is -0.0632. The van der Waals surface area contributed by atoms with Crippen molar-refractivity contribution in [1.29, 1.82) is 0 Å². The summed E-state index contributed by atoms with van der Waals surface area (Å²) in [4.78, 5) is 4.00. The molecule has 0 saturated carbocycles. The molecule has 0 N–H and O–H groups in total. The van der Waals surface area contributed by atoms with Crippen molar-refractivity contribution in [2.45, 2.75) is 32.3 Å². The van der Waals surface area contributed by atoms with Gasteiger partial charge in [0.15, 0.2) is 0 Å². The Hall–Kier alpha value is -2.61. The SMILES string of the molecule is COC(COc1cccc(N(C)C(=S)Oc2ccc(C(C)(C)C)cc2)c1)CN(C)c1ccsc1. The zero-order valence-corrected chi connectivity index (χ0v) is 22.4. The van der Waals surface area contributed by atoms with Gasteiger partial charge in [0, 0.05) is 50.6 Å². The normalized spacial score (nSPS) is 12.2. The lowest BCUT2D eigenvalue weighted by atomic mass is 9.87. The molecule has 0 aliphatic heterocycles. The standard InChI is InChI=1S/C27H34N2O3S2/c1-27(2,3)20-10-12-23(13-11-20)32-26(33)29(5)21-8-7-9-24(16-21)31-18-25(30-6)17-28(4)22-14-15-34-19-22/h7-16,19,25H,17-18H2,1-6H3. The summed E-state index contributed by atoms with van der Waals surface area (Å²) in [7, 11) is 5.66. The molecule has 3 aromatic rings. The Morgan fingerprint density at radius 2 is 1.74 bits per heavy atom. The van der Waals surface area contributed by atoms with Crippen LogP contribution < -0.4 is 19.3 Å². The molecule has 7 heteroatoms. The van der Waals surface area contributed by atoms with Crippen LogP contribution in [0.5, 0.6) is 11.5 Å². The number of hydrogen-bond donors (Lipinski definition) is 0. The zero-order valence-electron chi connectivity index (χ0n) is 20.8. The third kappa shape index (κ3) is 7.19. The number of thiocarbonyl (C=S) groups is 1. The summed E-state index contributed by atoms with van der Waals surface area (Å²) in [5.41, 5.74) is 3.41. The minimum Gasteiger partial charge on any atom is -0.491 e. The number of methoxy groups -OCH3 is 1. The number of benzene rings is 2. The number of ether oxygens (including phenoxy) is 3. The predicted molar refractivity (Wildman–Crippen MR) is 147 cm³/mol. The highest BCUT2D eigenvalue weighted by Gasteiger charge is 2.16. The molecule has 5 nitrogen and oxygen atoms in total. The maximum atomic E-state index is 6.05. The number of thiophene rings is 1. The largest absolute Gasteiger partial charge is 0.491 e. The van der Waals surface area contributed by atoms with E-state index in [9.17, 15) is 0 Å². The summed E-state index contributed by atoms with van der Waals surface area (Å²) >= 11 is 7.22. The smallest absolute Gasteiger partial charge is 0.269 e. The van der Waals surface area contributed by atoms with Crippen molar-refractivity contribution in [3.63, 3.8) is 0 Å². The van der Waals surface area contributed by atoms with E-state index in [0.29, 0.717) is 11.8 Å². The first kappa shape index (κ1) is 26.0. The van der Waals surface area contributed by atoms with Gasteiger partial charge >= 0.3 is 0 Å². The van der Waals surface area contributed by atoms with E-state index in [-0.39, 0.29) is 11.5 Å². The molecule has 3 rings (SSSR count). The van der Waals surface area contributed by atoms with Crippen molar-refractivity contribution in [2.24, 2.45) is 0 Å². The van der Waals surface area contributed by atoms with Crippen LogP contribution in [0.1, 0.15) is 26.3 Å². The molecule has 0 amide bonds. The van der Waals surface area contributed by atoms with E-state index < -0.39 is 0 Å². The van der Waals surface area contributed by atoms with Crippen LogP contribution in [0.15, 0.2) is 65.4 Å². The van der Waals surface area contributed by atoms with Gasteiger partial charge in [0.2, 0.25) is 0 Å². The maximum Gasteiger partial charge on any atom is 0.269 e. The Labute approximate surface area is 212 Å². The Bertz CT molecular complexity index is 1050. The topological polar surface area (TPSA) is 34.2 Å². The number of hydrogen-bond acceptors (Lipinski definition) is 6. The second kappa shape index (κ2) is 11.7. The van der Waals surface area contributed by atoms with Gasteiger partial charge in [0.25, 0.3) is 5.17 Å². The van der Waals surface area contributed by atoms with E-state index in [4.69, 9.17) is 26.4 Å². The van der Waals surface area contributed by atoms with Crippen LogP contribution >= 0.6 is 23.6 Å². The molecule has 34 heavy (non-hydrogen) atoms. The average molecular weight is 499 g/mol. The average Bonchev–Trinajstić information content (AvgIpc) is 3.36. The first-order chi connectivity index (χ1) is 16.2. The minimum absolute atomic E-state index is 0.0632. The molecule has 0 aliphatic carbocycles. The van der Waals surface area contributed by atoms with Gasteiger partial charge in [-0.1, -0.05) is 39.0 Å². The lowest BCUT2D eigenvalue weighted by Gasteiger charge is -2.24. The highest BCUT2D eigenvalue weighted by molar-refractivity contribution is 7.80. The second-order valence-corrected chi connectivity index (χ2v) is 10.4. The van der Waals surface area contributed by atoms with Gasteiger partial charge < -0.3 is 24.0 Å². The number of anilines is 2. The number of nitrogens with zero attached hydrogens (tertiary/aromatic N) is 2. The molecule has 2 aromatic carbocycles. The van der Waals surface area contributed by atoms with Crippen LogP contribution in [0.3, 0.4) is 0 Å². The van der Waals surface area contributed by atoms with Gasteiger partial charge in [0.05, 0.1) is 0 Å². The van der Waals surface area contributed by atoms with E-state index in [1.54, 1.807) is 18.4 Å². The van der Waals surface area contributed by atoms with Crippen LogP contribution in [0.2, 0.25) is 0 Å². The molecule has 182 valence electrons. The van der Waals surface area contributed by atoms with Crippen LogP contribution in [-0.4, -0.2) is 45.6 Å². The van der Waals surface area contributed by atoms with Crippen molar-refractivity contribution in [3.8, 4) is 11.5 Å². The molecule has 1 atom stereocenters. The number of rotatable bonds is 9. The van der Waals surface area contributed by atoms with Crippen LogP contribution in [-0.2, 0) is 10.2 Å². The van der Waals surface area contributed by atoms with Crippen molar-refractivity contribution >= 4 is 40.1 Å². The third-order valence-electron chi connectivity index (χ3n) is 5.60. The fourth-order valence-electron chi connectivity index (χ4n) is 3.35. The summed E-state index contributed by atoms with van der Waals surface area (Å²) in [5.74, 6) is 1.47. The molecule has 0 radical (unpaired) electrons. The molecule has 0 saturated heterocycles. The molecule has 0 spiro atoms. The van der Waals surface area contributed by atoms with Gasteiger partial charge in [-0.05, 0) is 58.9 Å². The van der Waals surface area contributed by atoms with Gasteiger partial charge in [-0.2, -0.15) is 11.3 Å². The maximum absolute atomic E-state index is 6.05. The van der Waals surface area contributed by atoms with Crippen molar-refractivity contribution in [3.05, 3.63) is 70.9 Å². The molecule has 1 aromatic heterocycles. The molecule has 1 unspecified atom stereocenters. The summed E-state index contributed by atoms with van der Waals surface area (Å²) in [6, 6.07) is 18.0. The lowest BCUT2D eigenvalue weighted by molar-refractivity contribution is 0.0636. The minimum atomic E-state index is -0.0632. The third-order valence-corrected chi connectivity index (χ3v) is 6.63. The van der Waals surface area contributed by atoms with E-state index in [2.05, 4.69) is 61.7 Å². The summed E-state index contributed by atoms with van der Waals surface area (Å²) in [5, 5.41) is 4.56. The van der Waals surface area contributed by atoms with Crippen LogP contribution in [0.4, 0.5) is 11.4 Å². The van der Waals surface area contributed by atoms with E-state index >= 15 is 0 Å². The van der Waals surface area contributed by atoms with Gasteiger partial charge in [0.1, 0.15) is 24.2 Å². The molecule has 0 aliphatic rings. The number of likely N-dealkylation sites (N-methyl/N-ethyl adjacent to an activating group) is 1. The first-order valence-corrected chi connectivity index (χ1v) is 12.6. The Balaban J connectivity index is 1.57. The quantitative estimate of drug-likeness (QED) is 0.319. The first-order valence-electron chi connectivity index (χ1n) is 11.2. The van der Waals surface area contributed by atoms with Crippen LogP contribution in [0.25, 0.3) is 0 Å². The Kier molecular flexibility index (Phi) is 8.94. The highest BCUT2D eigenvalue weighted by atomic mass is 32.1. The van der Waals surface area contributed by atoms with Crippen molar-refractivity contribution < 1.29 is 14.2 Å². The van der Waals surface area contributed by atoms with E-state index in [0.717, 1.165) is 23.7 Å². The molecule has 0 fully saturated rings. The van der Waals surface area contributed by atoms with Crippen LogP contribution in [0, 0.1) is 0 Å². The Morgan fingerprint density at radius 3 is 2.35 bits per heavy atom. The van der Waals surface area contributed by atoms with E-state index in [1.807, 2.05) is 48.3 Å². The zero-order chi connectivity index (χ0) is 24.7. The van der Waals surface area contributed by atoms with Gasteiger partial charge in [-0.3, -0.25) is 0 Å². The molecular formula is C27H34N2O3S2. The second-order valence-electron chi connectivity index (χ2n) is 9.23. The summed E-state index contributed by atoms with van der Waals surface area (Å²) < 4.78 is 17.6. The van der Waals surface area contributed by atoms with Crippen molar-refractivity contribution in [1.82, 2.24) is 0 Å². The lowest BCUT2D eigenvalue weighted by Crippen LogP contribution is -2.34. The molecule has 0 bridgehead atoms. The van der Waals surface area contributed by atoms with Crippen molar-refractivity contribution in [2.75, 3.05) is 44.2 Å². The summed E-state index contributed by atoms with van der Waals surface area (Å²) in [6.45, 7) is 7.74. The van der Waals surface area contributed by atoms with E-state index in [1.165, 1.54) is 11.3 Å². The molecule has 1 heterocycles. The molecular weight excluding hydrogens is 464 g/mol. The van der Waals surface area contributed by atoms with Gasteiger partial charge in [-0.25, -0.2) is 0 Å². The monoisotopic (exact) mass is 498 g/mol.